The lowest BCUT2D eigenvalue weighted by molar-refractivity contribution is 0.573. The Balaban J connectivity index is 1.75. The third-order valence-electron chi connectivity index (χ3n) is 3.43. The van der Waals surface area contributed by atoms with Gasteiger partial charge in [-0.1, -0.05) is 13.0 Å². The van der Waals surface area contributed by atoms with E-state index in [2.05, 4.69) is 15.0 Å². The third-order valence-corrected chi connectivity index (χ3v) is 4.84. The van der Waals surface area contributed by atoms with Gasteiger partial charge in [-0.25, -0.2) is 13.1 Å². The number of hydrogen-bond donors (Lipinski definition) is 2. The molecule has 0 spiro atoms. The zero-order valence-electron chi connectivity index (χ0n) is 11.9. The summed E-state index contributed by atoms with van der Waals surface area (Å²) >= 11 is 0. The van der Waals surface area contributed by atoms with E-state index in [0.717, 1.165) is 24.2 Å². The molecule has 112 valence electrons. The standard InChI is InChI=1S/C14H23N3O2S/c1-2-12-5-3-8-16-14(12)11-17-20(18,19)10-4-9-15-13-6-7-13/h3,5,8,13,15,17H,2,4,6-7,9-11H2,1H3. The molecule has 1 heterocycles. The van der Waals surface area contributed by atoms with Crippen LogP contribution < -0.4 is 10.0 Å². The summed E-state index contributed by atoms with van der Waals surface area (Å²) in [5, 5.41) is 3.32. The summed E-state index contributed by atoms with van der Waals surface area (Å²) in [5.41, 5.74) is 1.90. The van der Waals surface area contributed by atoms with Crippen LogP contribution >= 0.6 is 0 Å². The lowest BCUT2D eigenvalue weighted by Gasteiger charge is -2.09. The van der Waals surface area contributed by atoms with Crippen molar-refractivity contribution in [1.82, 2.24) is 15.0 Å². The maximum Gasteiger partial charge on any atom is 0.211 e. The van der Waals surface area contributed by atoms with Gasteiger partial charge in [0.25, 0.3) is 0 Å². The van der Waals surface area contributed by atoms with Crippen LogP contribution in [0.3, 0.4) is 0 Å². The summed E-state index contributed by atoms with van der Waals surface area (Å²) in [7, 11) is -3.21. The summed E-state index contributed by atoms with van der Waals surface area (Å²) in [4.78, 5) is 4.24. The van der Waals surface area contributed by atoms with Crippen LogP contribution in [0.1, 0.15) is 37.4 Å². The Morgan fingerprint density at radius 2 is 2.20 bits per heavy atom. The summed E-state index contributed by atoms with van der Waals surface area (Å²) < 4.78 is 26.4. The summed E-state index contributed by atoms with van der Waals surface area (Å²) in [5.74, 6) is 0.168. The average molecular weight is 297 g/mol. The molecule has 2 rings (SSSR count). The van der Waals surface area contributed by atoms with E-state index in [9.17, 15) is 8.42 Å². The van der Waals surface area contributed by atoms with Crippen molar-refractivity contribution >= 4 is 10.0 Å². The van der Waals surface area contributed by atoms with Crippen molar-refractivity contribution in [2.75, 3.05) is 12.3 Å². The van der Waals surface area contributed by atoms with Crippen LogP contribution in [0, 0.1) is 0 Å². The summed E-state index contributed by atoms with van der Waals surface area (Å²) in [6, 6.07) is 4.49. The molecular formula is C14H23N3O2S. The van der Waals surface area contributed by atoms with Gasteiger partial charge in [-0.05, 0) is 43.9 Å². The zero-order chi connectivity index (χ0) is 14.4. The topological polar surface area (TPSA) is 71.1 Å². The Morgan fingerprint density at radius 3 is 2.90 bits per heavy atom. The summed E-state index contributed by atoms with van der Waals surface area (Å²) in [6.07, 6.45) is 5.65. The molecule has 1 saturated carbocycles. The van der Waals surface area contributed by atoms with Crippen molar-refractivity contribution in [3.63, 3.8) is 0 Å². The second-order valence-electron chi connectivity index (χ2n) is 5.18. The quantitative estimate of drug-likeness (QED) is 0.672. The first kappa shape index (κ1) is 15.4. The van der Waals surface area contributed by atoms with Crippen molar-refractivity contribution < 1.29 is 8.42 Å². The molecule has 0 saturated heterocycles. The molecule has 1 fully saturated rings. The van der Waals surface area contributed by atoms with Crippen LogP contribution in [0.15, 0.2) is 18.3 Å². The van der Waals surface area contributed by atoms with Crippen molar-refractivity contribution in [2.24, 2.45) is 0 Å². The second-order valence-corrected chi connectivity index (χ2v) is 7.11. The lowest BCUT2D eigenvalue weighted by atomic mass is 10.1. The first-order valence-electron chi connectivity index (χ1n) is 7.24. The molecule has 1 aromatic rings. The van der Waals surface area contributed by atoms with E-state index >= 15 is 0 Å². The lowest BCUT2D eigenvalue weighted by Crippen LogP contribution is -2.29. The predicted octanol–water partition coefficient (Wildman–Crippen LogP) is 1.21. The van der Waals surface area contributed by atoms with E-state index in [1.165, 1.54) is 12.8 Å². The molecular weight excluding hydrogens is 274 g/mol. The maximum absolute atomic E-state index is 11.9. The molecule has 1 aliphatic rings. The van der Waals surface area contributed by atoms with Gasteiger partial charge in [0.05, 0.1) is 18.0 Å². The molecule has 5 nitrogen and oxygen atoms in total. The number of hydrogen-bond acceptors (Lipinski definition) is 4. The highest BCUT2D eigenvalue weighted by molar-refractivity contribution is 7.89. The molecule has 20 heavy (non-hydrogen) atoms. The van der Waals surface area contributed by atoms with Crippen LogP contribution in [-0.2, 0) is 23.0 Å². The van der Waals surface area contributed by atoms with E-state index in [4.69, 9.17) is 0 Å². The molecule has 1 aromatic heterocycles. The summed E-state index contributed by atoms with van der Waals surface area (Å²) in [6.45, 7) is 3.09. The minimum atomic E-state index is -3.21. The highest BCUT2D eigenvalue weighted by atomic mass is 32.2. The highest BCUT2D eigenvalue weighted by Crippen LogP contribution is 2.18. The Kier molecular flexibility index (Phi) is 5.51. The molecule has 0 radical (unpaired) electrons. The number of pyridine rings is 1. The number of rotatable bonds is 9. The van der Waals surface area contributed by atoms with Crippen LogP contribution in [0.4, 0.5) is 0 Å². The van der Waals surface area contributed by atoms with Gasteiger partial charge in [-0.2, -0.15) is 0 Å². The SMILES string of the molecule is CCc1cccnc1CNS(=O)(=O)CCCNC1CC1. The highest BCUT2D eigenvalue weighted by Gasteiger charge is 2.20. The van der Waals surface area contributed by atoms with Gasteiger partial charge in [0.2, 0.25) is 10.0 Å². The fourth-order valence-corrected chi connectivity index (χ4v) is 3.08. The van der Waals surface area contributed by atoms with Crippen LogP contribution in [-0.4, -0.2) is 31.7 Å². The minimum absolute atomic E-state index is 0.168. The number of aromatic nitrogens is 1. The molecule has 0 aromatic carbocycles. The van der Waals surface area contributed by atoms with Gasteiger partial charge in [0, 0.05) is 12.2 Å². The third kappa shape index (κ3) is 5.19. The van der Waals surface area contributed by atoms with Gasteiger partial charge < -0.3 is 5.32 Å². The largest absolute Gasteiger partial charge is 0.314 e. The van der Waals surface area contributed by atoms with Gasteiger partial charge in [-0.3, -0.25) is 4.98 Å². The van der Waals surface area contributed by atoms with Crippen LogP contribution in [0.25, 0.3) is 0 Å². The first-order valence-corrected chi connectivity index (χ1v) is 8.89. The Labute approximate surface area is 121 Å². The Morgan fingerprint density at radius 1 is 1.40 bits per heavy atom. The van der Waals surface area contributed by atoms with Crippen LogP contribution in [0.5, 0.6) is 0 Å². The minimum Gasteiger partial charge on any atom is -0.314 e. The molecule has 6 heteroatoms. The van der Waals surface area contributed by atoms with E-state index in [-0.39, 0.29) is 12.3 Å². The maximum atomic E-state index is 11.9. The number of nitrogens with zero attached hydrogens (tertiary/aromatic N) is 1. The van der Waals surface area contributed by atoms with Gasteiger partial charge in [0.1, 0.15) is 0 Å². The zero-order valence-corrected chi connectivity index (χ0v) is 12.7. The van der Waals surface area contributed by atoms with Gasteiger partial charge >= 0.3 is 0 Å². The van der Waals surface area contributed by atoms with E-state index in [0.29, 0.717) is 12.5 Å². The molecule has 0 bridgehead atoms. The van der Waals surface area contributed by atoms with E-state index in [1.807, 2.05) is 19.1 Å². The number of sulfonamides is 1. The van der Waals surface area contributed by atoms with Crippen molar-refractivity contribution in [2.45, 2.75) is 45.2 Å². The van der Waals surface area contributed by atoms with Crippen LogP contribution in [0.2, 0.25) is 0 Å². The molecule has 1 aliphatic carbocycles. The smallest absolute Gasteiger partial charge is 0.211 e. The fraction of sp³-hybridized carbons (Fsp3) is 0.643. The molecule has 0 unspecified atom stereocenters. The number of aryl methyl sites for hydroxylation is 1. The Hall–Kier alpha value is -0.980. The normalized spacial score (nSPS) is 15.4. The monoisotopic (exact) mass is 297 g/mol. The molecule has 2 N–H and O–H groups in total. The molecule has 0 amide bonds. The van der Waals surface area contributed by atoms with Crippen molar-refractivity contribution in [3.05, 3.63) is 29.6 Å². The fourth-order valence-electron chi connectivity index (χ4n) is 2.06. The number of nitrogens with one attached hydrogen (secondary N) is 2. The van der Waals surface area contributed by atoms with E-state index < -0.39 is 10.0 Å². The van der Waals surface area contributed by atoms with Crippen molar-refractivity contribution in [1.29, 1.82) is 0 Å². The van der Waals surface area contributed by atoms with Gasteiger partial charge in [-0.15, -0.1) is 0 Å². The second kappa shape index (κ2) is 7.15. The van der Waals surface area contributed by atoms with E-state index in [1.54, 1.807) is 6.20 Å². The van der Waals surface area contributed by atoms with Gasteiger partial charge in [0.15, 0.2) is 0 Å². The average Bonchev–Trinajstić information content (AvgIpc) is 3.26. The predicted molar refractivity (Wildman–Crippen MR) is 79.9 cm³/mol. The Bertz CT molecular complexity index is 527. The first-order chi connectivity index (χ1) is 9.61. The molecule has 0 aliphatic heterocycles. The van der Waals surface area contributed by atoms with Crippen molar-refractivity contribution in [3.8, 4) is 0 Å². The molecule has 0 atom stereocenters.